The molecule has 2 nitrogen and oxygen atoms in total. The van der Waals surface area contributed by atoms with Crippen LogP contribution >= 0.6 is 12.6 Å². The number of Topliss-reactive ketones (excluding diaryl/α,β-unsaturated/α-hetero) is 2. The predicted octanol–water partition coefficient (Wildman–Crippen LogP) is 0.463. The lowest BCUT2D eigenvalue weighted by atomic mass is 10.2. The van der Waals surface area contributed by atoms with Crippen LogP contribution in [0.15, 0.2) is 0 Å². The Bertz CT molecular complexity index is 106. The average Bonchev–Trinajstić information content (AvgIpc) is 1.64. The Morgan fingerprint density at radius 1 is 1.25 bits per heavy atom. The van der Waals surface area contributed by atoms with E-state index in [-0.39, 0.29) is 11.6 Å². The zero-order chi connectivity index (χ0) is 6.73. The second-order valence-corrected chi connectivity index (χ2v) is 2.14. The van der Waals surface area contributed by atoms with Crippen LogP contribution in [0.4, 0.5) is 0 Å². The van der Waals surface area contributed by atoms with E-state index in [1.165, 1.54) is 13.8 Å². The van der Waals surface area contributed by atoms with Gasteiger partial charge in [-0.2, -0.15) is 12.6 Å². The van der Waals surface area contributed by atoms with Gasteiger partial charge in [0.25, 0.3) is 0 Å². The molecule has 0 aromatic rings. The van der Waals surface area contributed by atoms with E-state index >= 15 is 0 Å². The van der Waals surface area contributed by atoms with Crippen LogP contribution in [0.5, 0.6) is 0 Å². The molecule has 0 spiro atoms. The van der Waals surface area contributed by atoms with E-state index in [9.17, 15) is 9.59 Å². The topological polar surface area (TPSA) is 34.1 Å². The number of rotatable bonds is 2. The summed E-state index contributed by atoms with van der Waals surface area (Å²) in [5, 5.41) is -0.713. The van der Waals surface area contributed by atoms with Crippen LogP contribution in [0, 0.1) is 0 Å². The van der Waals surface area contributed by atoms with Gasteiger partial charge in [0.1, 0.15) is 16.8 Å². The molecular formula is C5H8O2S. The molecule has 0 unspecified atom stereocenters. The van der Waals surface area contributed by atoms with Crippen molar-refractivity contribution < 1.29 is 9.59 Å². The molecule has 0 fully saturated rings. The first-order chi connectivity index (χ1) is 3.55. The molecule has 0 aromatic heterocycles. The summed E-state index contributed by atoms with van der Waals surface area (Å²) >= 11 is 3.72. The molecule has 0 aromatic carbocycles. The lowest BCUT2D eigenvalue weighted by Gasteiger charge is -1.97. The number of hydrogen-bond donors (Lipinski definition) is 1. The standard InChI is InChI=1S/C5H8O2S/c1-3(6)5(8)4(2)7/h5,8H,1-2H3. The maximum atomic E-state index is 10.3. The molecule has 46 valence electrons. The van der Waals surface area contributed by atoms with Crippen molar-refractivity contribution in [3.63, 3.8) is 0 Å². The third-order valence-electron chi connectivity index (χ3n) is 0.770. The van der Waals surface area contributed by atoms with Crippen LogP contribution in [0.1, 0.15) is 13.8 Å². The fourth-order valence-corrected chi connectivity index (χ4v) is 0.286. The summed E-state index contributed by atoms with van der Waals surface area (Å²) in [7, 11) is 0. The van der Waals surface area contributed by atoms with E-state index in [2.05, 4.69) is 12.6 Å². The molecule has 0 radical (unpaired) electrons. The molecule has 0 N–H and O–H groups in total. The number of ketones is 2. The summed E-state index contributed by atoms with van der Waals surface area (Å²) in [6, 6.07) is 0. The van der Waals surface area contributed by atoms with Gasteiger partial charge in [-0.15, -0.1) is 0 Å². The largest absolute Gasteiger partial charge is 0.298 e. The van der Waals surface area contributed by atoms with Gasteiger partial charge in [0, 0.05) is 0 Å². The van der Waals surface area contributed by atoms with Crippen molar-refractivity contribution in [2.75, 3.05) is 0 Å². The number of carbonyl (C=O) groups excluding carboxylic acids is 2. The maximum absolute atomic E-state index is 10.3. The van der Waals surface area contributed by atoms with E-state index in [0.29, 0.717) is 0 Å². The molecular weight excluding hydrogens is 124 g/mol. The molecule has 0 atom stereocenters. The highest BCUT2D eigenvalue weighted by atomic mass is 32.1. The van der Waals surface area contributed by atoms with Crippen LogP contribution < -0.4 is 0 Å². The highest BCUT2D eigenvalue weighted by Gasteiger charge is 2.12. The first-order valence-electron chi connectivity index (χ1n) is 2.24. The van der Waals surface area contributed by atoms with Gasteiger partial charge in [-0.05, 0) is 13.8 Å². The number of hydrogen-bond acceptors (Lipinski definition) is 3. The Hall–Kier alpha value is -0.310. The van der Waals surface area contributed by atoms with E-state index in [1.807, 2.05) is 0 Å². The van der Waals surface area contributed by atoms with Gasteiger partial charge in [-0.1, -0.05) is 0 Å². The minimum Gasteiger partial charge on any atom is -0.298 e. The van der Waals surface area contributed by atoms with E-state index in [4.69, 9.17) is 0 Å². The van der Waals surface area contributed by atoms with Crippen LogP contribution in [0.3, 0.4) is 0 Å². The van der Waals surface area contributed by atoms with Gasteiger partial charge >= 0.3 is 0 Å². The molecule has 0 saturated heterocycles. The Morgan fingerprint density at radius 3 is 1.50 bits per heavy atom. The van der Waals surface area contributed by atoms with E-state index in [1.54, 1.807) is 0 Å². The van der Waals surface area contributed by atoms with Crippen molar-refractivity contribution in [3.8, 4) is 0 Å². The second-order valence-electron chi connectivity index (χ2n) is 1.62. The van der Waals surface area contributed by atoms with Crippen LogP contribution in [0.25, 0.3) is 0 Å². The number of carbonyl (C=O) groups is 2. The van der Waals surface area contributed by atoms with Crippen molar-refractivity contribution in [1.82, 2.24) is 0 Å². The van der Waals surface area contributed by atoms with E-state index in [0.717, 1.165) is 0 Å². The molecule has 0 heterocycles. The summed E-state index contributed by atoms with van der Waals surface area (Å²) in [4.78, 5) is 20.6. The summed E-state index contributed by atoms with van der Waals surface area (Å²) in [6.07, 6.45) is 0. The van der Waals surface area contributed by atoms with Gasteiger partial charge in [0.05, 0.1) is 0 Å². The summed E-state index contributed by atoms with van der Waals surface area (Å²) < 4.78 is 0. The predicted molar refractivity (Wildman–Crippen MR) is 34.1 cm³/mol. The molecule has 0 amide bonds. The Kier molecular flexibility index (Phi) is 2.76. The van der Waals surface area contributed by atoms with Crippen LogP contribution in [0.2, 0.25) is 0 Å². The fourth-order valence-electron chi connectivity index (χ4n) is 0.286. The first kappa shape index (κ1) is 7.69. The highest BCUT2D eigenvalue weighted by molar-refractivity contribution is 7.82. The summed E-state index contributed by atoms with van der Waals surface area (Å²) in [6.45, 7) is 2.69. The average molecular weight is 132 g/mol. The van der Waals surface area contributed by atoms with Crippen molar-refractivity contribution in [3.05, 3.63) is 0 Å². The maximum Gasteiger partial charge on any atom is 0.149 e. The molecule has 0 rings (SSSR count). The van der Waals surface area contributed by atoms with Gasteiger partial charge in [0.15, 0.2) is 0 Å². The number of thiol groups is 1. The highest BCUT2D eigenvalue weighted by Crippen LogP contribution is 1.96. The van der Waals surface area contributed by atoms with Crippen LogP contribution in [-0.2, 0) is 9.59 Å². The quantitative estimate of drug-likeness (QED) is 0.437. The first-order valence-corrected chi connectivity index (χ1v) is 2.76. The van der Waals surface area contributed by atoms with Crippen molar-refractivity contribution >= 4 is 24.2 Å². The SMILES string of the molecule is CC(=O)C(S)C(C)=O. The summed E-state index contributed by atoms with van der Waals surface area (Å²) in [5.74, 6) is -0.387. The lowest BCUT2D eigenvalue weighted by Crippen LogP contribution is -2.18. The zero-order valence-electron chi connectivity index (χ0n) is 4.84. The molecule has 3 heteroatoms. The molecule has 8 heavy (non-hydrogen) atoms. The Morgan fingerprint density at radius 2 is 1.50 bits per heavy atom. The van der Waals surface area contributed by atoms with Crippen molar-refractivity contribution in [2.45, 2.75) is 19.1 Å². The molecule has 0 aliphatic carbocycles. The van der Waals surface area contributed by atoms with Gasteiger partial charge < -0.3 is 0 Å². The Balaban J connectivity index is 3.83. The monoisotopic (exact) mass is 132 g/mol. The minimum atomic E-state index is -0.713. The minimum absolute atomic E-state index is 0.194. The van der Waals surface area contributed by atoms with Gasteiger partial charge in [-0.3, -0.25) is 9.59 Å². The molecule has 0 saturated carbocycles. The fraction of sp³-hybridized carbons (Fsp3) is 0.600. The van der Waals surface area contributed by atoms with Gasteiger partial charge in [0.2, 0.25) is 0 Å². The van der Waals surface area contributed by atoms with Crippen molar-refractivity contribution in [1.29, 1.82) is 0 Å². The third kappa shape index (κ3) is 2.12. The van der Waals surface area contributed by atoms with Gasteiger partial charge in [-0.25, -0.2) is 0 Å². The Labute approximate surface area is 53.7 Å². The lowest BCUT2D eigenvalue weighted by molar-refractivity contribution is -0.123. The summed E-state index contributed by atoms with van der Waals surface area (Å²) in [5.41, 5.74) is 0. The third-order valence-corrected chi connectivity index (χ3v) is 1.50. The molecule has 0 aliphatic rings. The second kappa shape index (κ2) is 2.87. The van der Waals surface area contributed by atoms with Crippen LogP contribution in [-0.4, -0.2) is 16.8 Å². The zero-order valence-corrected chi connectivity index (χ0v) is 5.74. The van der Waals surface area contributed by atoms with Crippen molar-refractivity contribution in [2.24, 2.45) is 0 Å². The van der Waals surface area contributed by atoms with E-state index < -0.39 is 5.25 Å². The molecule has 0 bridgehead atoms. The smallest absolute Gasteiger partial charge is 0.149 e. The normalized spacial score (nSPS) is 9.50. The molecule has 0 aliphatic heterocycles.